The molecule has 1 saturated carbocycles. The lowest BCUT2D eigenvalue weighted by Crippen LogP contribution is -2.40. The largest absolute Gasteiger partial charge is 0.329 e. The molecule has 2 aliphatic carbocycles. The highest BCUT2D eigenvalue weighted by Crippen LogP contribution is 2.40. The monoisotopic (exact) mass is 500 g/mol. The third-order valence-corrected chi connectivity index (χ3v) is 7.74. The predicted octanol–water partition coefficient (Wildman–Crippen LogP) is 4.40. The number of rotatable bonds is 6. The van der Waals surface area contributed by atoms with Crippen molar-refractivity contribution in [1.29, 1.82) is 0 Å². The number of nitrogens with one attached hydrogen (secondary N) is 3. The van der Waals surface area contributed by atoms with Gasteiger partial charge in [0.2, 0.25) is 11.9 Å². The van der Waals surface area contributed by atoms with Gasteiger partial charge in [-0.15, -0.1) is 11.3 Å². The third-order valence-electron chi connectivity index (χ3n) is 7.06. The van der Waals surface area contributed by atoms with Gasteiger partial charge in [0, 0.05) is 47.8 Å². The summed E-state index contributed by atoms with van der Waals surface area (Å²) in [7, 11) is 0. The zero-order valence-electron chi connectivity index (χ0n) is 19.1. The molecule has 4 heterocycles. The summed E-state index contributed by atoms with van der Waals surface area (Å²) in [6.45, 7) is 0.568. The summed E-state index contributed by atoms with van der Waals surface area (Å²) in [5, 5.41) is 15.8. The van der Waals surface area contributed by atoms with Crippen molar-refractivity contribution in [2.24, 2.45) is 0 Å². The van der Waals surface area contributed by atoms with Crippen LogP contribution in [-0.4, -0.2) is 49.6 Å². The van der Waals surface area contributed by atoms with Crippen LogP contribution in [0.25, 0.3) is 0 Å². The Balaban J connectivity index is 1.29. The smallest absolute Gasteiger partial charge is 0.257 e. The second-order valence-corrected chi connectivity index (χ2v) is 10.4. The normalized spacial score (nSPS) is 21.4. The Bertz CT molecular complexity index is 1220. The number of amides is 1. The minimum atomic E-state index is -2.88. The van der Waals surface area contributed by atoms with Crippen LogP contribution in [0.2, 0.25) is 0 Å². The zero-order valence-corrected chi connectivity index (χ0v) is 19.9. The Morgan fingerprint density at radius 1 is 1.17 bits per heavy atom. The van der Waals surface area contributed by atoms with Crippen molar-refractivity contribution in [3.63, 3.8) is 0 Å². The second kappa shape index (κ2) is 8.81. The van der Waals surface area contributed by atoms with Gasteiger partial charge < -0.3 is 15.5 Å². The molecule has 35 heavy (non-hydrogen) atoms. The van der Waals surface area contributed by atoms with Crippen LogP contribution in [-0.2, 0) is 17.6 Å². The number of H-pyrrole nitrogens is 1. The van der Waals surface area contributed by atoms with E-state index in [4.69, 9.17) is 0 Å². The van der Waals surface area contributed by atoms with Gasteiger partial charge in [-0.2, -0.15) is 10.1 Å². The van der Waals surface area contributed by atoms with E-state index < -0.39 is 24.8 Å². The SMILES string of the molecule is O=C(Nc1nccs1)[C@H]1CCCN1c1nc2c(c(Nc3cc(C4CCCC4)[nH]n3)n1)CC(F)(F)C2. The van der Waals surface area contributed by atoms with Crippen LogP contribution in [0.15, 0.2) is 17.6 Å². The van der Waals surface area contributed by atoms with Crippen molar-refractivity contribution < 1.29 is 13.6 Å². The molecule has 2 fully saturated rings. The van der Waals surface area contributed by atoms with Crippen molar-refractivity contribution in [3.05, 3.63) is 34.6 Å². The molecule has 3 aromatic heterocycles. The minimum absolute atomic E-state index is 0.199. The fraction of sp³-hybridized carbons (Fsp3) is 0.522. The van der Waals surface area contributed by atoms with Crippen LogP contribution < -0.4 is 15.5 Å². The number of thiazole rings is 1. The van der Waals surface area contributed by atoms with Gasteiger partial charge in [0.1, 0.15) is 11.9 Å². The van der Waals surface area contributed by atoms with Crippen LogP contribution >= 0.6 is 11.3 Å². The first kappa shape index (κ1) is 22.3. The molecule has 1 amide bonds. The fourth-order valence-electron chi connectivity index (χ4n) is 5.37. The Morgan fingerprint density at radius 3 is 2.83 bits per heavy atom. The summed E-state index contributed by atoms with van der Waals surface area (Å²) < 4.78 is 28.8. The number of hydrogen-bond donors (Lipinski definition) is 3. The fourth-order valence-corrected chi connectivity index (χ4v) is 5.90. The van der Waals surface area contributed by atoms with E-state index in [1.165, 1.54) is 24.2 Å². The maximum atomic E-state index is 14.4. The summed E-state index contributed by atoms with van der Waals surface area (Å²) in [4.78, 5) is 28.0. The van der Waals surface area contributed by atoms with E-state index >= 15 is 0 Å². The molecule has 0 bridgehead atoms. The van der Waals surface area contributed by atoms with Crippen molar-refractivity contribution in [2.75, 3.05) is 22.1 Å². The number of halogens is 2. The van der Waals surface area contributed by atoms with E-state index in [0.717, 1.165) is 25.0 Å². The first-order valence-electron chi connectivity index (χ1n) is 12.0. The molecule has 0 aromatic carbocycles. The van der Waals surface area contributed by atoms with Crippen LogP contribution in [0.1, 0.15) is 61.4 Å². The zero-order chi connectivity index (χ0) is 24.0. The molecule has 3 N–H and O–H groups in total. The summed E-state index contributed by atoms with van der Waals surface area (Å²) in [5.74, 6) is -1.46. The molecule has 9 nitrogen and oxygen atoms in total. The number of aromatic nitrogens is 5. The van der Waals surface area contributed by atoms with Crippen LogP contribution in [0, 0.1) is 0 Å². The molecule has 1 saturated heterocycles. The molecule has 0 radical (unpaired) electrons. The molecule has 0 spiro atoms. The van der Waals surface area contributed by atoms with Gasteiger partial charge >= 0.3 is 0 Å². The number of fused-ring (bicyclic) bond motifs is 1. The van der Waals surface area contributed by atoms with Gasteiger partial charge in [-0.05, 0) is 25.7 Å². The number of carbonyl (C=O) groups is 1. The van der Waals surface area contributed by atoms with Gasteiger partial charge in [-0.1, -0.05) is 12.8 Å². The summed E-state index contributed by atoms with van der Waals surface area (Å²) in [6, 6.07) is 1.45. The Morgan fingerprint density at radius 2 is 2.03 bits per heavy atom. The first-order chi connectivity index (χ1) is 16.9. The molecule has 3 aromatic rings. The molecule has 6 rings (SSSR count). The molecule has 1 atom stereocenters. The Kier molecular flexibility index (Phi) is 5.62. The lowest BCUT2D eigenvalue weighted by atomic mass is 10.0. The number of nitrogens with zero attached hydrogens (tertiary/aromatic N) is 5. The maximum absolute atomic E-state index is 14.4. The van der Waals surface area contributed by atoms with Crippen molar-refractivity contribution >= 4 is 40.0 Å². The van der Waals surface area contributed by atoms with Gasteiger partial charge in [0.05, 0.1) is 12.1 Å². The molecule has 0 unspecified atom stereocenters. The number of carbonyl (C=O) groups excluding carboxylic acids is 1. The molecule has 1 aliphatic heterocycles. The van der Waals surface area contributed by atoms with Crippen molar-refractivity contribution in [2.45, 2.75) is 69.2 Å². The lowest BCUT2D eigenvalue weighted by molar-refractivity contribution is -0.117. The average Bonchev–Trinajstić information content (AvgIpc) is 3.63. The van der Waals surface area contributed by atoms with Gasteiger partial charge in [0.15, 0.2) is 10.9 Å². The highest BCUT2D eigenvalue weighted by atomic mass is 32.1. The summed E-state index contributed by atoms with van der Waals surface area (Å²) in [6.07, 6.45) is 6.83. The van der Waals surface area contributed by atoms with E-state index in [1.807, 2.05) is 6.07 Å². The molecular weight excluding hydrogens is 474 g/mol. The van der Waals surface area contributed by atoms with E-state index in [-0.39, 0.29) is 11.9 Å². The highest BCUT2D eigenvalue weighted by Gasteiger charge is 2.42. The topological polar surface area (TPSA) is 112 Å². The average molecular weight is 501 g/mol. The van der Waals surface area contributed by atoms with Crippen LogP contribution in [0.4, 0.5) is 31.5 Å². The van der Waals surface area contributed by atoms with E-state index in [1.54, 1.807) is 16.5 Å². The second-order valence-electron chi connectivity index (χ2n) is 9.50. The van der Waals surface area contributed by atoms with Gasteiger partial charge in [-0.25, -0.2) is 18.7 Å². The minimum Gasteiger partial charge on any atom is -0.329 e. The van der Waals surface area contributed by atoms with E-state index in [9.17, 15) is 13.6 Å². The standard InChI is InChI=1S/C23H26F2N8OS/c24-23(25)11-14-16(12-23)27-21(33-8-3-6-17(33)20(34)30-22-26-7-9-35-22)29-19(14)28-18-10-15(31-32-18)13-4-1-2-5-13/h7,9-10,13,17H,1-6,8,11-12H2,(H,26,30,34)(H2,27,28,29,31,32)/t17-/m1/s1. The lowest BCUT2D eigenvalue weighted by Gasteiger charge is -2.24. The van der Waals surface area contributed by atoms with Gasteiger partial charge in [-0.3, -0.25) is 9.89 Å². The number of aromatic amines is 1. The van der Waals surface area contributed by atoms with Crippen molar-refractivity contribution in [1.82, 2.24) is 25.1 Å². The quantitative estimate of drug-likeness (QED) is 0.460. The Hall–Kier alpha value is -3.15. The Labute approximate surface area is 204 Å². The van der Waals surface area contributed by atoms with Crippen LogP contribution in [0.3, 0.4) is 0 Å². The number of hydrogen-bond acceptors (Lipinski definition) is 8. The number of alkyl halides is 2. The van der Waals surface area contributed by atoms with Crippen LogP contribution in [0.5, 0.6) is 0 Å². The molecular formula is C23H26F2N8OS. The van der Waals surface area contributed by atoms with E-state index in [2.05, 4.69) is 35.8 Å². The summed E-state index contributed by atoms with van der Waals surface area (Å²) in [5.41, 5.74) is 1.78. The highest BCUT2D eigenvalue weighted by molar-refractivity contribution is 7.13. The summed E-state index contributed by atoms with van der Waals surface area (Å²) >= 11 is 1.34. The number of anilines is 4. The first-order valence-corrected chi connectivity index (χ1v) is 12.9. The maximum Gasteiger partial charge on any atom is 0.257 e. The predicted molar refractivity (Wildman–Crippen MR) is 129 cm³/mol. The third kappa shape index (κ3) is 4.46. The van der Waals surface area contributed by atoms with E-state index in [0.29, 0.717) is 46.9 Å². The molecule has 3 aliphatic rings. The van der Waals surface area contributed by atoms with Gasteiger partial charge in [0.25, 0.3) is 5.92 Å². The van der Waals surface area contributed by atoms with Crippen molar-refractivity contribution in [3.8, 4) is 0 Å². The molecule has 12 heteroatoms. The molecule has 184 valence electrons.